The Bertz CT molecular complexity index is 1490. The molecule has 3 aromatic rings. The summed E-state index contributed by atoms with van der Waals surface area (Å²) < 4.78 is 4.64. The predicted octanol–water partition coefficient (Wildman–Crippen LogP) is 5.23. The molecule has 1 fully saturated rings. The largest absolute Gasteiger partial charge is 0.874 e. The van der Waals surface area contributed by atoms with Crippen molar-refractivity contribution in [2.45, 2.75) is 76.4 Å². The molecule has 1 saturated carbocycles. The SMILES string of the molecule is O=C1C(C2C=C3CCCCC3=[N+]2Cc2ccccc2)=C([O-])C1c1cc2c(n1Cc1ccccc1)CCCC2. The first-order valence-corrected chi connectivity index (χ1v) is 14.3. The van der Waals surface area contributed by atoms with E-state index in [-0.39, 0.29) is 17.6 Å². The van der Waals surface area contributed by atoms with E-state index in [1.54, 1.807) is 0 Å². The molecule has 2 aromatic carbocycles. The zero-order chi connectivity index (χ0) is 25.6. The van der Waals surface area contributed by atoms with Crippen LogP contribution in [0.4, 0.5) is 0 Å². The smallest absolute Gasteiger partial charge is 0.200 e. The summed E-state index contributed by atoms with van der Waals surface area (Å²) in [6, 6.07) is 22.8. The Kier molecular flexibility index (Phi) is 5.91. The Morgan fingerprint density at radius 1 is 0.842 bits per heavy atom. The van der Waals surface area contributed by atoms with Gasteiger partial charge in [0, 0.05) is 35.5 Å². The second kappa shape index (κ2) is 9.58. The molecule has 0 saturated heterocycles. The molecule has 0 N–H and O–H groups in total. The first-order valence-electron chi connectivity index (χ1n) is 14.3. The Balaban J connectivity index is 1.27. The topological polar surface area (TPSA) is 48.1 Å². The van der Waals surface area contributed by atoms with Gasteiger partial charge in [-0.1, -0.05) is 60.7 Å². The molecule has 7 rings (SSSR count). The van der Waals surface area contributed by atoms with E-state index in [9.17, 15) is 9.90 Å². The number of aromatic nitrogens is 1. The number of nitrogens with zero attached hydrogens (tertiary/aromatic N) is 2. The van der Waals surface area contributed by atoms with Crippen molar-refractivity contribution in [1.29, 1.82) is 0 Å². The van der Waals surface area contributed by atoms with Crippen LogP contribution >= 0.6 is 0 Å². The fourth-order valence-corrected chi connectivity index (χ4v) is 7.10. The molecule has 3 aliphatic carbocycles. The lowest BCUT2D eigenvalue weighted by molar-refractivity contribution is -0.559. The number of hydrogen-bond acceptors (Lipinski definition) is 2. The Hall–Kier alpha value is -3.66. The monoisotopic (exact) mass is 502 g/mol. The summed E-state index contributed by atoms with van der Waals surface area (Å²) in [5.74, 6) is -0.611. The van der Waals surface area contributed by atoms with Crippen molar-refractivity contribution in [1.82, 2.24) is 4.57 Å². The highest BCUT2D eigenvalue weighted by Gasteiger charge is 2.47. The molecule has 4 heteroatoms. The third kappa shape index (κ3) is 3.89. The number of benzene rings is 2. The molecular formula is C34H34N2O2. The van der Waals surface area contributed by atoms with Crippen molar-refractivity contribution < 1.29 is 14.5 Å². The molecule has 192 valence electrons. The zero-order valence-corrected chi connectivity index (χ0v) is 21.9. The Labute approximate surface area is 224 Å². The summed E-state index contributed by atoms with van der Waals surface area (Å²) in [7, 11) is 0. The molecule has 0 amide bonds. The molecule has 4 aliphatic rings. The van der Waals surface area contributed by atoms with Crippen molar-refractivity contribution in [2.24, 2.45) is 0 Å². The second-order valence-electron chi connectivity index (χ2n) is 11.3. The molecule has 2 heterocycles. The quantitative estimate of drug-likeness (QED) is 0.433. The number of allylic oxidation sites excluding steroid dienone is 2. The molecular weight excluding hydrogens is 468 g/mol. The lowest BCUT2D eigenvalue weighted by Gasteiger charge is -2.38. The third-order valence-corrected chi connectivity index (χ3v) is 8.99. The predicted molar refractivity (Wildman–Crippen MR) is 147 cm³/mol. The highest BCUT2D eigenvalue weighted by molar-refractivity contribution is 6.11. The van der Waals surface area contributed by atoms with E-state index < -0.39 is 5.92 Å². The lowest BCUT2D eigenvalue weighted by atomic mass is 9.76. The average Bonchev–Trinajstić information content (AvgIpc) is 3.48. The van der Waals surface area contributed by atoms with Gasteiger partial charge in [-0.15, -0.1) is 5.76 Å². The van der Waals surface area contributed by atoms with Crippen LogP contribution in [0.25, 0.3) is 0 Å². The fraction of sp³-hybridized carbons (Fsp3) is 0.353. The number of aryl methyl sites for hydroxylation is 1. The van der Waals surface area contributed by atoms with Crippen LogP contribution in [0.5, 0.6) is 0 Å². The summed E-state index contributed by atoms with van der Waals surface area (Å²) in [5, 5.41) is 13.9. The molecule has 0 spiro atoms. The first kappa shape index (κ1) is 23.5. The van der Waals surface area contributed by atoms with Crippen LogP contribution < -0.4 is 5.11 Å². The van der Waals surface area contributed by atoms with Crippen LogP contribution in [-0.4, -0.2) is 26.7 Å². The van der Waals surface area contributed by atoms with Gasteiger partial charge in [-0.05, 0) is 68.2 Å². The molecule has 1 aliphatic heterocycles. The van der Waals surface area contributed by atoms with Crippen LogP contribution in [0, 0.1) is 0 Å². The van der Waals surface area contributed by atoms with E-state index in [1.807, 2.05) is 12.1 Å². The maximum atomic E-state index is 13.9. The van der Waals surface area contributed by atoms with Crippen LogP contribution in [-0.2, 0) is 30.7 Å². The molecule has 2 unspecified atom stereocenters. The molecule has 4 nitrogen and oxygen atoms in total. The number of rotatable bonds is 6. The third-order valence-electron chi connectivity index (χ3n) is 8.99. The van der Waals surface area contributed by atoms with E-state index in [2.05, 4.69) is 69.8 Å². The highest BCUT2D eigenvalue weighted by Crippen LogP contribution is 2.43. The fourth-order valence-electron chi connectivity index (χ4n) is 7.10. The summed E-state index contributed by atoms with van der Waals surface area (Å²) >= 11 is 0. The molecule has 0 bridgehead atoms. The summed E-state index contributed by atoms with van der Waals surface area (Å²) in [4.78, 5) is 13.9. The van der Waals surface area contributed by atoms with E-state index in [0.29, 0.717) is 12.1 Å². The van der Waals surface area contributed by atoms with E-state index in [4.69, 9.17) is 0 Å². The lowest BCUT2D eigenvalue weighted by Crippen LogP contribution is -2.44. The number of Topliss-reactive ketones (excluding diaryl/α,β-unsaturated/α-hetero) is 1. The van der Waals surface area contributed by atoms with Gasteiger partial charge in [0.1, 0.15) is 0 Å². The van der Waals surface area contributed by atoms with Crippen molar-refractivity contribution in [3.05, 3.63) is 118 Å². The van der Waals surface area contributed by atoms with Crippen molar-refractivity contribution in [3.8, 4) is 0 Å². The summed E-state index contributed by atoms with van der Waals surface area (Å²) in [6.45, 7) is 1.44. The normalized spacial score (nSPS) is 22.7. The van der Waals surface area contributed by atoms with Gasteiger partial charge >= 0.3 is 0 Å². The van der Waals surface area contributed by atoms with Gasteiger partial charge in [0.15, 0.2) is 18.0 Å². The highest BCUT2D eigenvalue weighted by atomic mass is 16.3. The van der Waals surface area contributed by atoms with E-state index in [0.717, 1.165) is 44.3 Å². The van der Waals surface area contributed by atoms with Crippen LogP contribution in [0.15, 0.2) is 89.7 Å². The summed E-state index contributed by atoms with van der Waals surface area (Å²) in [6.07, 6.45) is 11.0. The molecule has 1 aromatic heterocycles. The zero-order valence-electron chi connectivity index (χ0n) is 21.9. The van der Waals surface area contributed by atoms with Gasteiger partial charge < -0.3 is 9.67 Å². The molecule has 2 atom stereocenters. The van der Waals surface area contributed by atoms with Gasteiger partial charge in [0.05, 0.1) is 11.5 Å². The van der Waals surface area contributed by atoms with Crippen LogP contribution in [0.2, 0.25) is 0 Å². The minimum atomic E-state index is -0.663. The van der Waals surface area contributed by atoms with Crippen molar-refractivity contribution >= 4 is 11.5 Å². The van der Waals surface area contributed by atoms with Gasteiger partial charge in [0.25, 0.3) is 0 Å². The standard InChI is InChI=1S/C34H34N2O2/c37-33-31(29-19-25-15-7-9-17-27(25)35(29)21-23-11-3-1-4-12-23)34(38)32(33)30-20-26-16-8-10-18-28(26)36(30)22-24-13-5-2-6-14-24/h1-6,11-14,19-20,29,32H,7-10,15-18,21-22H2. The van der Waals surface area contributed by atoms with E-state index in [1.165, 1.54) is 52.9 Å². The maximum Gasteiger partial charge on any atom is 0.200 e. The minimum absolute atomic E-state index is 0.0262. The Morgan fingerprint density at radius 3 is 2.29 bits per heavy atom. The van der Waals surface area contributed by atoms with E-state index >= 15 is 0 Å². The number of ketones is 1. The second-order valence-corrected chi connectivity index (χ2v) is 11.3. The van der Waals surface area contributed by atoms with Gasteiger partial charge in [-0.2, -0.15) is 0 Å². The molecule has 0 radical (unpaired) electrons. The number of hydrogen-bond donors (Lipinski definition) is 0. The van der Waals surface area contributed by atoms with Crippen molar-refractivity contribution in [2.75, 3.05) is 0 Å². The Morgan fingerprint density at radius 2 is 1.53 bits per heavy atom. The van der Waals surface area contributed by atoms with Crippen LogP contribution in [0.1, 0.15) is 72.5 Å². The molecule has 38 heavy (non-hydrogen) atoms. The first-order chi connectivity index (χ1) is 18.7. The average molecular weight is 503 g/mol. The number of fused-ring (bicyclic) bond motifs is 2. The van der Waals surface area contributed by atoms with Crippen molar-refractivity contribution in [3.63, 3.8) is 0 Å². The number of carbonyl (C=O) groups excluding carboxylic acids is 1. The van der Waals surface area contributed by atoms with Gasteiger partial charge in [-0.25, -0.2) is 4.58 Å². The van der Waals surface area contributed by atoms with Gasteiger partial charge in [0.2, 0.25) is 6.04 Å². The summed E-state index contributed by atoms with van der Waals surface area (Å²) in [5.41, 5.74) is 9.14. The number of carbonyl (C=O) groups is 1. The minimum Gasteiger partial charge on any atom is -0.874 e. The van der Waals surface area contributed by atoms with Crippen LogP contribution in [0.3, 0.4) is 0 Å². The maximum absolute atomic E-state index is 13.9. The van der Waals surface area contributed by atoms with Gasteiger partial charge in [-0.3, -0.25) is 4.79 Å².